The van der Waals surface area contributed by atoms with Crippen LogP contribution in [0.1, 0.15) is 12.8 Å². The van der Waals surface area contributed by atoms with Gasteiger partial charge in [-0.25, -0.2) is 5.43 Å². The zero-order valence-corrected chi connectivity index (χ0v) is 11.9. The predicted molar refractivity (Wildman–Crippen MR) is 79.8 cm³/mol. The number of para-hydroxylation sites is 1. The molecule has 2 rings (SSSR count). The maximum atomic E-state index is 12.1. The molecule has 1 aliphatic heterocycles. The van der Waals surface area contributed by atoms with Crippen molar-refractivity contribution in [3.05, 3.63) is 24.3 Å². The smallest absolute Gasteiger partial charge is 0.271 e. The van der Waals surface area contributed by atoms with Crippen LogP contribution < -0.4 is 16.5 Å². The summed E-state index contributed by atoms with van der Waals surface area (Å²) >= 11 is 1.25. The number of carbonyl (C=O) groups excluding carboxylic acids is 3. The van der Waals surface area contributed by atoms with E-state index in [4.69, 9.17) is 5.73 Å². The van der Waals surface area contributed by atoms with E-state index in [1.54, 1.807) is 24.3 Å². The van der Waals surface area contributed by atoms with E-state index in [0.29, 0.717) is 12.1 Å². The number of hydrogen-bond acceptors (Lipinski definition) is 5. The number of primary amides is 1. The lowest BCUT2D eigenvalue weighted by Gasteiger charge is -2.13. The summed E-state index contributed by atoms with van der Waals surface area (Å²) in [5.41, 5.74) is 8.24. The highest BCUT2D eigenvalue weighted by molar-refractivity contribution is 8.00. The van der Waals surface area contributed by atoms with Crippen LogP contribution in [0.15, 0.2) is 34.3 Å². The molecule has 0 fully saturated rings. The Labute approximate surface area is 125 Å². The second-order valence-corrected chi connectivity index (χ2v) is 5.32. The summed E-state index contributed by atoms with van der Waals surface area (Å²) in [4.78, 5) is 34.6. The molecule has 1 heterocycles. The number of nitrogens with one attached hydrogen (secondary N) is 2. The molecule has 0 atom stereocenters. The summed E-state index contributed by atoms with van der Waals surface area (Å²) in [6.45, 7) is 0. The molecular weight excluding hydrogens is 292 g/mol. The number of thioether (sulfide) groups is 1. The highest BCUT2D eigenvalue weighted by atomic mass is 32.2. The van der Waals surface area contributed by atoms with Crippen molar-refractivity contribution in [1.82, 2.24) is 5.43 Å². The van der Waals surface area contributed by atoms with Crippen molar-refractivity contribution in [2.75, 3.05) is 11.1 Å². The SMILES string of the molecule is NC(=O)CSc1ccccc1NC(=O)C1=NNC(=O)CC1. The first-order valence-electron chi connectivity index (χ1n) is 6.23. The Morgan fingerprint density at radius 1 is 1.33 bits per heavy atom. The fourth-order valence-electron chi connectivity index (χ4n) is 1.68. The lowest BCUT2D eigenvalue weighted by atomic mass is 10.1. The molecule has 7 nitrogen and oxygen atoms in total. The van der Waals surface area contributed by atoms with Gasteiger partial charge in [0.05, 0.1) is 11.4 Å². The molecule has 0 aliphatic carbocycles. The van der Waals surface area contributed by atoms with E-state index in [9.17, 15) is 14.4 Å². The van der Waals surface area contributed by atoms with Crippen molar-refractivity contribution in [2.24, 2.45) is 10.8 Å². The van der Waals surface area contributed by atoms with E-state index < -0.39 is 5.91 Å². The number of hydrogen-bond donors (Lipinski definition) is 3. The minimum atomic E-state index is -0.430. The van der Waals surface area contributed by atoms with E-state index in [0.717, 1.165) is 4.90 Å². The first-order valence-corrected chi connectivity index (χ1v) is 7.21. The van der Waals surface area contributed by atoms with Crippen molar-refractivity contribution in [2.45, 2.75) is 17.7 Å². The Bertz CT molecular complexity index is 615. The van der Waals surface area contributed by atoms with Crippen LogP contribution >= 0.6 is 11.8 Å². The molecule has 0 radical (unpaired) electrons. The average Bonchev–Trinajstić information content (AvgIpc) is 2.47. The van der Waals surface area contributed by atoms with Crippen molar-refractivity contribution >= 4 is 40.9 Å². The molecule has 0 unspecified atom stereocenters. The second kappa shape index (κ2) is 6.89. The summed E-state index contributed by atoms with van der Waals surface area (Å²) in [7, 11) is 0. The van der Waals surface area contributed by atoms with Crippen molar-refractivity contribution in [1.29, 1.82) is 0 Å². The summed E-state index contributed by atoms with van der Waals surface area (Å²) < 4.78 is 0. The van der Waals surface area contributed by atoms with Crippen molar-refractivity contribution in [3.8, 4) is 0 Å². The molecule has 21 heavy (non-hydrogen) atoms. The monoisotopic (exact) mass is 306 g/mol. The average molecular weight is 306 g/mol. The van der Waals surface area contributed by atoms with E-state index in [-0.39, 0.29) is 29.7 Å². The number of carbonyl (C=O) groups is 3. The Balaban J connectivity index is 2.07. The lowest BCUT2D eigenvalue weighted by molar-refractivity contribution is -0.121. The Morgan fingerprint density at radius 2 is 2.10 bits per heavy atom. The standard InChI is InChI=1S/C13H14N4O3S/c14-11(18)7-21-10-4-2-1-3-8(10)15-13(20)9-5-6-12(19)17-16-9/h1-4H,5-7H2,(H2,14,18)(H,15,20)(H,17,19). The van der Waals surface area contributed by atoms with Crippen LogP contribution in [0.25, 0.3) is 0 Å². The van der Waals surface area contributed by atoms with Crippen LogP contribution in [0.2, 0.25) is 0 Å². The molecular formula is C13H14N4O3S. The number of anilines is 1. The first-order chi connectivity index (χ1) is 10.1. The molecule has 3 amide bonds. The molecule has 110 valence electrons. The zero-order valence-electron chi connectivity index (χ0n) is 11.1. The van der Waals surface area contributed by atoms with E-state index in [1.165, 1.54) is 11.8 Å². The first kappa shape index (κ1) is 15.0. The lowest BCUT2D eigenvalue weighted by Crippen LogP contribution is -2.32. The van der Waals surface area contributed by atoms with Crippen molar-refractivity contribution < 1.29 is 14.4 Å². The van der Waals surface area contributed by atoms with Gasteiger partial charge < -0.3 is 11.1 Å². The summed E-state index contributed by atoms with van der Waals surface area (Å²) in [5.74, 6) is -0.879. The van der Waals surface area contributed by atoms with Crippen LogP contribution in [-0.2, 0) is 14.4 Å². The van der Waals surface area contributed by atoms with Gasteiger partial charge >= 0.3 is 0 Å². The van der Waals surface area contributed by atoms with Crippen LogP contribution in [0.3, 0.4) is 0 Å². The van der Waals surface area contributed by atoms with Gasteiger partial charge in [0.25, 0.3) is 5.91 Å². The fraction of sp³-hybridized carbons (Fsp3) is 0.231. The molecule has 1 aromatic carbocycles. The molecule has 1 aliphatic rings. The van der Waals surface area contributed by atoms with Crippen LogP contribution in [0, 0.1) is 0 Å². The minimum Gasteiger partial charge on any atom is -0.369 e. The molecule has 0 saturated heterocycles. The Hall–Kier alpha value is -2.35. The maximum Gasteiger partial charge on any atom is 0.271 e. The molecule has 0 saturated carbocycles. The van der Waals surface area contributed by atoms with Gasteiger partial charge in [-0.3, -0.25) is 14.4 Å². The second-order valence-electron chi connectivity index (χ2n) is 4.30. The number of rotatable bonds is 5. The van der Waals surface area contributed by atoms with Gasteiger partial charge in [0.2, 0.25) is 11.8 Å². The van der Waals surface area contributed by atoms with Crippen LogP contribution in [-0.4, -0.2) is 29.2 Å². The van der Waals surface area contributed by atoms with Gasteiger partial charge in [0.1, 0.15) is 5.71 Å². The topological polar surface area (TPSA) is 114 Å². The summed E-state index contributed by atoms with van der Waals surface area (Å²) in [5, 5.41) is 6.46. The summed E-state index contributed by atoms with van der Waals surface area (Å²) in [6, 6.07) is 7.09. The molecule has 0 aromatic heterocycles. The number of amides is 3. The van der Waals surface area contributed by atoms with E-state index in [2.05, 4.69) is 15.8 Å². The molecule has 0 bridgehead atoms. The molecule has 4 N–H and O–H groups in total. The Kier molecular flexibility index (Phi) is 4.94. The number of nitrogens with two attached hydrogens (primary N) is 1. The van der Waals surface area contributed by atoms with E-state index >= 15 is 0 Å². The number of hydrazone groups is 1. The van der Waals surface area contributed by atoms with Gasteiger partial charge in [-0.15, -0.1) is 11.8 Å². The normalized spacial score (nSPS) is 14.1. The Morgan fingerprint density at radius 3 is 2.76 bits per heavy atom. The minimum absolute atomic E-state index is 0.129. The van der Waals surface area contributed by atoms with Crippen LogP contribution in [0.5, 0.6) is 0 Å². The third-order valence-corrected chi connectivity index (χ3v) is 3.77. The maximum absolute atomic E-state index is 12.1. The van der Waals surface area contributed by atoms with Gasteiger partial charge in [-0.2, -0.15) is 5.10 Å². The fourth-order valence-corrected chi connectivity index (χ4v) is 2.42. The molecule has 8 heteroatoms. The zero-order chi connectivity index (χ0) is 15.2. The largest absolute Gasteiger partial charge is 0.369 e. The van der Waals surface area contributed by atoms with Gasteiger partial charge in [0, 0.05) is 17.7 Å². The van der Waals surface area contributed by atoms with Gasteiger partial charge in [-0.05, 0) is 12.1 Å². The van der Waals surface area contributed by atoms with Gasteiger partial charge in [0.15, 0.2) is 0 Å². The van der Waals surface area contributed by atoms with Crippen LogP contribution in [0.4, 0.5) is 5.69 Å². The van der Waals surface area contributed by atoms with Crippen molar-refractivity contribution in [3.63, 3.8) is 0 Å². The number of benzene rings is 1. The molecule has 1 aromatic rings. The highest BCUT2D eigenvalue weighted by Crippen LogP contribution is 2.26. The summed E-state index contributed by atoms with van der Waals surface area (Å²) in [6.07, 6.45) is 0.540. The quantitative estimate of drug-likeness (QED) is 0.686. The van der Waals surface area contributed by atoms with E-state index in [1.807, 2.05) is 0 Å². The number of nitrogens with zero attached hydrogens (tertiary/aromatic N) is 1. The predicted octanol–water partition coefficient (Wildman–Crippen LogP) is 0.468. The van der Waals surface area contributed by atoms with Gasteiger partial charge in [-0.1, -0.05) is 12.1 Å². The third kappa shape index (κ3) is 4.32. The molecule has 0 spiro atoms. The third-order valence-electron chi connectivity index (χ3n) is 2.67. The highest BCUT2D eigenvalue weighted by Gasteiger charge is 2.19.